The highest BCUT2D eigenvalue weighted by Crippen LogP contribution is 2.20. The fraction of sp³-hybridized carbons (Fsp3) is 0.357. The first-order valence-corrected chi connectivity index (χ1v) is 7.03. The van der Waals surface area contributed by atoms with Gasteiger partial charge in [-0.2, -0.15) is 0 Å². The standard InChI is InChI=1S/C14H18ClN3O4/c1-9(19)16-6-7-17-12(14(21)22)8-13(20)18-11-5-3-2-4-10(11)15/h2-5,12,17H,6-8H2,1H3,(H,16,19)(H,18,20)(H,21,22). The molecule has 4 N–H and O–H groups in total. The van der Waals surface area contributed by atoms with Crippen LogP contribution in [0.4, 0.5) is 5.69 Å². The Hall–Kier alpha value is -2.12. The van der Waals surface area contributed by atoms with Gasteiger partial charge in [-0.05, 0) is 12.1 Å². The number of hydrogen-bond donors (Lipinski definition) is 4. The summed E-state index contributed by atoms with van der Waals surface area (Å²) in [6.45, 7) is 1.90. The Morgan fingerprint density at radius 3 is 2.50 bits per heavy atom. The van der Waals surface area contributed by atoms with Gasteiger partial charge in [0.2, 0.25) is 11.8 Å². The van der Waals surface area contributed by atoms with Gasteiger partial charge >= 0.3 is 5.97 Å². The number of para-hydroxylation sites is 1. The summed E-state index contributed by atoms with van der Waals surface area (Å²) in [7, 11) is 0. The molecule has 120 valence electrons. The predicted molar refractivity (Wildman–Crippen MR) is 82.8 cm³/mol. The minimum absolute atomic E-state index is 0.204. The molecule has 0 spiro atoms. The molecule has 1 rings (SSSR count). The SMILES string of the molecule is CC(=O)NCCNC(CC(=O)Nc1ccccc1Cl)C(=O)O. The molecule has 1 aromatic carbocycles. The van der Waals surface area contributed by atoms with Gasteiger partial charge < -0.3 is 21.1 Å². The number of hydrogen-bond acceptors (Lipinski definition) is 4. The van der Waals surface area contributed by atoms with E-state index in [0.717, 1.165) is 0 Å². The van der Waals surface area contributed by atoms with Crippen molar-refractivity contribution < 1.29 is 19.5 Å². The molecule has 2 amide bonds. The van der Waals surface area contributed by atoms with Crippen LogP contribution in [0, 0.1) is 0 Å². The summed E-state index contributed by atoms with van der Waals surface area (Å²) >= 11 is 5.91. The minimum Gasteiger partial charge on any atom is -0.480 e. The normalized spacial score (nSPS) is 11.5. The van der Waals surface area contributed by atoms with Crippen molar-refractivity contribution in [3.8, 4) is 0 Å². The van der Waals surface area contributed by atoms with E-state index in [0.29, 0.717) is 10.7 Å². The van der Waals surface area contributed by atoms with Gasteiger partial charge in [-0.3, -0.25) is 14.4 Å². The molecule has 0 bridgehead atoms. The maximum Gasteiger partial charge on any atom is 0.321 e. The van der Waals surface area contributed by atoms with E-state index < -0.39 is 17.9 Å². The Morgan fingerprint density at radius 1 is 1.23 bits per heavy atom. The van der Waals surface area contributed by atoms with E-state index >= 15 is 0 Å². The Labute approximate surface area is 133 Å². The average molecular weight is 328 g/mol. The van der Waals surface area contributed by atoms with Crippen LogP contribution in [0.3, 0.4) is 0 Å². The van der Waals surface area contributed by atoms with Gasteiger partial charge in [0.15, 0.2) is 0 Å². The lowest BCUT2D eigenvalue weighted by atomic mass is 10.2. The molecule has 0 saturated carbocycles. The van der Waals surface area contributed by atoms with E-state index in [1.165, 1.54) is 6.92 Å². The van der Waals surface area contributed by atoms with Crippen molar-refractivity contribution in [1.82, 2.24) is 10.6 Å². The second-order valence-electron chi connectivity index (χ2n) is 4.56. The first-order valence-electron chi connectivity index (χ1n) is 6.65. The van der Waals surface area contributed by atoms with E-state index in [1.54, 1.807) is 24.3 Å². The van der Waals surface area contributed by atoms with Gasteiger partial charge in [0.1, 0.15) is 6.04 Å². The van der Waals surface area contributed by atoms with Gasteiger partial charge in [-0.1, -0.05) is 23.7 Å². The number of halogens is 1. The molecule has 0 aliphatic heterocycles. The number of amides is 2. The average Bonchev–Trinajstić information content (AvgIpc) is 2.44. The van der Waals surface area contributed by atoms with Crippen molar-refractivity contribution in [2.24, 2.45) is 0 Å². The fourth-order valence-electron chi connectivity index (χ4n) is 1.68. The number of rotatable bonds is 8. The Balaban J connectivity index is 2.48. The summed E-state index contributed by atoms with van der Waals surface area (Å²) in [6.07, 6.45) is -0.249. The van der Waals surface area contributed by atoms with Gasteiger partial charge in [-0.15, -0.1) is 0 Å². The number of carbonyl (C=O) groups excluding carboxylic acids is 2. The van der Waals surface area contributed by atoms with E-state index in [-0.39, 0.29) is 25.4 Å². The molecule has 0 aliphatic carbocycles. The predicted octanol–water partition coefficient (Wildman–Crippen LogP) is 0.848. The third-order valence-corrected chi connectivity index (χ3v) is 3.05. The van der Waals surface area contributed by atoms with E-state index in [1.807, 2.05) is 0 Å². The number of carboxylic acid groups (broad SMARTS) is 1. The fourth-order valence-corrected chi connectivity index (χ4v) is 1.86. The van der Waals surface area contributed by atoms with Crippen LogP contribution in [0.2, 0.25) is 5.02 Å². The van der Waals surface area contributed by atoms with Crippen molar-refractivity contribution in [2.45, 2.75) is 19.4 Å². The first kappa shape index (κ1) is 17.9. The molecule has 0 aromatic heterocycles. The van der Waals surface area contributed by atoms with Gasteiger partial charge in [0, 0.05) is 20.0 Å². The third kappa shape index (κ3) is 6.55. The topological polar surface area (TPSA) is 108 Å². The second-order valence-corrected chi connectivity index (χ2v) is 4.97. The van der Waals surface area contributed by atoms with Crippen molar-refractivity contribution in [3.05, 3.63) is 29.3 Å². The molecule has 22 heavy (non-hydrogen) atoms. The highest BCUT2D eigenvalue weighted by Gasteiger charge is 2.20. The number of aliphatic carboxylic acids is 1. The molecule has 0 fully saturated rings. The Kier molecular flexibility index (Phi) is 7.34. The summed E-state index contributed by atoms with van der Waals surface area (Å²) in [5.74, 6) is -1.81. The summed E-state index contributed by atoms with van der Waals surface area (Å²) in [5, 5.41) is 17.3. The van der Waals surface area contributed by atoms with Crippen LogP contribution < -0.4 is 16.0 Å². The van der Waals surface area contributed by atoms with E-state index in [4.69, 9.17) is 16.7 Å². The van der Waals surface area contributed by atoms with Crippen LogP contribution in [-0.2, 0) is 14.4 Å². The molecule has 7 nitrogen and oxygen atoms in total. The highest BCUT2D eigenvalue weighted by atomic mass is 35.5. The Morgan fingerprint density at radius 2 is 1.91 bits per heavy atom. The number of benzene rings is 1. The zero-order chi connectivity index (χ0) is 16.5. The smallest absolute Gasteiger partial charge is 0.321 e. The van der Waals surface area contributed by atoms with Crippen LogP contribution in [0.1, 0.15) is 13.3 Å². The largest absolute Gasteiger partial charge is 0.480 e. The van der Waals surface area contributed by atoms with Crippen LogP contribution in [0.15, 0.2) is 24.3 Å². The van der Waals surface area contributed by atoms with Gasteiger partial charge in [-0.25, -0.2) is 0 Å². The van der Waals surface area contributed by atoms with Crippen LogP contribution >= 0.6 is 11.6 Å². The van der Waals surface area contributed by atoms with Crippen LogP contribution in [0.5, 0.6) is 0 Å². The molecule has 1 atom stereocenters. The Bertz CT molecular complexity index is 551. The van der Waals surface area contributed by atoms with Crippen molar-refractivity contribution in [3.63, 3.8) is 0 Å². The zero-order valence-electron chi connectivity index (χ0n) is 12.1. The monoisotopic (exact) mass is 327 g/mol. The highest BCUT2D eigenvalue weighted by molar-refractivity contribution is 6.33. The molecule has 0 radical (unpaired) electrons. The van der Waals surface area contributed by atoms with E-state index in [9.17, 15) is 14.4 Å². The molecular formula is C14H18ClN3O4. The second kappa shape index (κ2) is 9.01. The number of carbonyl (C=O) groups is 3. The molecule has 1 aromatic rings. The summed E-state index contributed by atoms with van der Waals surface area (Å²) in [6, 6.07) is 5.64. The maximum absolute atomic E-state index is 11.9. The first-order chi connectivity index (χ1) is 10.4. The molecule has 0 saturated heterocycles. The number of anilines is 1. The number of carboxylic acids is 1. The number of nitrogens with one attached hydrogen (secondary N) is 3. The van der Waals surface area contributed by atoms with Gasteiger partial charge in [0.25, 0.3) is 0 Å². The quantitative estimate of drug-likeness (QED) is 0.529. The molecular weight excluding hydrogens is 310 g/mol. The van der Waals surface area contributed by atoms with Crippen molar-refractivity contribution >= 4 is 35.1 Å². The molecule has 1 unspecified atom stereocenters. The molecule has 0 heterocycles. The minimum atomic E-state index is -1.14. The van der Waals surface area contributed by atoms with Crippen LogP contribution in [-0.4, -0.2) is 42.0 Å². The summed E-state index contributed by atoms with van der Waals surface area (Å²) in [4.78, 5) is 33.7. The summed E-state index contributed by atoms with van der Waals surface area (Å²) < 4.78 is 0. The summed E-state index contributed by atoms with van der Waals surface area (Å²) in [5.41, 5.74) is 0.427. The van der Waals surface area contributed by atoms with Gasteiger partial charge in [0.05, 0.1) is 17.1 Å². The lowest BCUT2D eigenvalue weighted by molar-refractivity contribution is -0.141. The molecule has 0 aliphatic rings. The van der Waals surface area contributed by atoms with Crippen molar-refractivity contribution in [2.75, 3.05) is 18.4 Å². The maximum atomic E-state index is 11.9. The van der Waals surface area contributed by atoms with E-state index in [2.05, 4.69) is 16.0 Å². The lowest BCUT2D eigenvalue weighted by Crippen LogP contribution is -2.43. The van der Waals surface area contributed by atoms with Crippen LogP contribution in [0.25, 0.3) is 0 Å². The van der Waals surface area contributed by atoms with Crippen molar-refractivity contribution in [1.29, 1.82) is 0 Å². The zero-order valence-corrected chi connectivity index (χ0v) is 12.8. The third-order valence-electron chi connectivity index (χ3n) is 2.73. The lowest BCUT2D eigenvalue weighted by Gasteiger charge is -2.15. The molecule has 8 heteroatoms.